The number of ether oxygens (including phenoxy) is 1. The van der Waals surface area contributed by atoms with E-state index >= 15 is 0 Å². The quantitative estimate of drug-likeness (QED) is 0.715. The fraction of sp³-hybridized carbons (Fsp3) is 0.0667. The minimum absolute atomic E-state index is 0.363. The molecule has 0 bridgehead atoms. The SMILES string of the molecule is COC(=O)c1cccc(Nc2nc3ccccc3[nH]2)c1. The number of carbonyl (C=O) groups excluding carboxylic acids is 1. The molecule has 100 valence electrons. The number of fused-ring (bicyclic) bond motifs is 1. The van der Waals surface area contributed by atoms with Crippen LogP contribution in [-0.2, 0) is 4.74 Å². The monoisotopic (exact) mass is 267 g/mol. The van der Waals surface area contributed by atoms with E-state index < -0.39 is 0 Å². The van der Waals surface area contributed by atoms with Crippen LogP contribution in [0.2, 0.25) is 0 Å². The van der Waals surface area contributed by atoms with Gasteiger partial charge in [0.25, 0.3) is 0 Å². The number of esters is 1. The van der Waals surface area contributed by atoms with E-state index in [0.29, 0.717) is 11.5 Å². The van der Waals surface area contributed by atoms with Crippen LogP contribution >= 0.6 is 0 Å². The van der Waals surface area contributed by atoms with Crippen molar-refractivity contribution in [1.29, 1.82) is 0 Å². The Bertz CT molecular complexity index is 731. The number of hydrogen-bond donors (Lipinski definition) is 2. The molecule has 0 unspecified atom stereocenters. The molecule has 3 rings (SSSR count). The van der Waals surface area contributed by atoms with Crippen LogP contribution in [0.5, 0.6) is 0 Å². The Morgan fingerprint density at radius 1 is 1.20 bits per heavy atom. The maximum atomic E-state index is 11.5. The molecule has 5 nitrogen and oxygen atoms in total. The molecule has 0 saturated carbocycles. The van der Waals surface area contributed by atoms with Gasteiger partial charge in [0.05, 0.1) is 23.7 Å². The van der Waals surface area contributed by atoms with Gasteiger partial charge in [-0.1, -0.05) is 18.2 Å². The third kappa shape index (κ3) is 2.33. The summed E-state index contributed by atoms with van der Waals surface area (Å²) in [5.41, 5.74) is 3.11. The molecule has 3 aromatic rings. The lowest BCUT2D eigenvalue weighted by atomic mass is 10.2. The maximum Gasteiger partial charge on any atom is 0.337 e. The third-order valence-electron chi connectivity index (χ3n) is 2.94. The summed E-state index contributed by atoms with van der Waals surface area (Å²) >= 11 is 0. The summed E-state index contributed by atoms with van der Waals surface area (Å²) in [7, 11) is 1.36. The number of anilines is 2. The second-order valence-electron chi connectivity index (χ2n) is 4.30. The van der Waals surface area contributed by atoms with Crippen molar-refractivity contribution >= 4 is 28.6 Å². The van der Waals surface area contributed by atoms with Crippen molar-refractivity contribution in [1.82, 2.24) is 9.97 Å². The Kier molecular flexibility index (Phi) is 3.09. The molecule has 0 atom stereocenters. The molecule has 2 N–H and O–H groups in total. The summed E-state index contributed by atoms with van der Waals surface area (Å²) in [5.74, 6) is 0.270. The summed E-state index contributed by atoms with van der Waals surface area (Å²) in [6.07, 6.45) is 0. The Morgan fingerprint density at radius 3 is 2.85 bits per heavy atom. The number of aromatic amines is 1. The zero-order valence-corrected chi connectivity index (χ0v) is 10.9. The van der Waals surface area contributed by atoms with E-state index in [1.54, 1.807) is 18.2 Å². The van der Waals surface area contributed by atoms with Crippen molar-refractivity contribution in [3.05, 3.63) is 54.1 Å². The molecule has 0 aliphatic carbocycles. The molecular weight excluding hydrogens is 254 g/mol. The van der Waals surface area contributed by atoms with E-state index in [2.05, 4.69) is 15.3 Å². The van der Waals surface area contributed by atoms with Gasteiger partial charge in [-0.3, -0.25) is 0 Å². The van der Waals surface area contributed by atoms with Crippen molar-refractivity contribution in [2.75, 3.05) is 12.4 Å². The van der Waals surface area contributed by atoms with Crippen LogP contribution in [-0.4, -0.2) is 23.0 Å². The highest BCUT2D eigenvalue weighted by Gasteiger charge is 2.07. The molecule has 0 fully saturated rings. The summed E-state index contributed by atoms with van der Waals surface area (Å²) < 4.78 is 4.70. The molecule has 0 radical (unpaired) electrons. The Balaban J connectivity index is 1.88. The van der Waals surface area contributed by atoms with Gasteiger partial charge >= 0.3 is 5.97 Å². The van der Waals surface area contributed by atoms with Gasteiger partial charge in [0, 0.05) is 5.69 Å². The van der Waals surface area contributed by atoms with Crippen LogP contribution in [0.1, 0.15) is 10.4 Å². The van der Waals surface area contributed by atoms with Crippen molar-refractivity contribution in [3.8, 4) is 0 Å². The first kappa shape index (κ1) is 12.2. The number of para-hydroxylation sites is 2. The summed E-state index contributed by atoms with van der Waals surface area (Å²) in [5, 5.41) is 3.14. The number of carbonyl (C=O) groups is 1. The molecule has 0 saturated heterocycles. The normalized spacial score (nSPS) is 10.4. The van der Waals surface area contributed by atoms with Gasteiger partial charge in [-0.25, -0.2) is 9.78 Å². The number of nitrogens with zero attached hydrogens (tertiary/aromatic N) is 1. The first-order chi connectivity index (χ1) is 9.76. The van der Waals surface area contributed by atoms with Crippen molar-refractivity contribution in [2.45, 2.75) is 0 Å². The van der Waals surface area contributed by atoms with Crippen LogP contribution < -0.4 is 5.32 Å². The summed E-state index contributed by atoms with van der Waals surface area (Å²) in [4.78, 5) is 19.1. The van der Waals surface area contributed by atoms with Crippen LogP contribution in [0.25, 0.3) is 11.0 Å². The first-order valence-electron chi connectivity index (χ1n) is 6.16. The Hall–Kier alpha value is -2.82. The van der Waals surface area contributed by atoms with E-state index in [1.807, 2.05) is 30.3 Å². The van der Waals surface area contributed by atoms with Gasteiger partial charge in [0.15, 0.2) is 0 Å². The average molecular weight is 267 g/mol. The lowest BCUT2D eigenvalue weighted by molar-refractivity contribution is 0.0601. The molecule has 1 heterocycles. The number of benzene rings is 2. The highest BCUT2D eigenvalue weighted by Crippen LogP contribution is 2.19. The Labute approximate surface area is 115 Å². The lowest BCUT2D eigenvalue weighted by Crippen LogP contribution is -2.02. The molecule has 2 aromatic carbocycles. The van der Waals surface area contributed by atoms with E-state index in [4.69, 9.17) is 4.74 Å². The number of rotatable bonds is 3. The predicted octanol–water partition coefficient (Wildman–Crippen LogP) is 3.09. The highest BCUT2D eigenvalue weighted by atomic mass is 16.5. The minimum atomic E-state index is -0.363. The summed E-state index contributed by atoms with van der Waals surface area (Å²) in [6.45, 7) is 0. The van der Waals surface area contributed by atoms with Gasteiger partial charge in [-0.05, 0) is 30.3 Å². The number of methoxy groups -OCH3 is 1. The highest BCUT2D eigenvalue weighted by molar-refractivity contribution is 5.90. The third-order valence-corrected chi connectivity index (χ3v) is 2.94. The van der Waals surface area contributed by atoms with Gasteiger partial charge < -0.3 is 15.0 Å². The smallest absolute Gasteiger partial charge is 0.337 e. The van der Waals surface area contributed by atoms with Crippen molar-refractivity contribution in [3.63, 3.8) is 0 Å². The molecule has 1 aromatic heterocycles. The number of aromatic nitrogens is 2. The van der Waals surface area contributed by atoms with E-state index in [1.165, 1.54) is 7.11 Å². The van der Waals surface area contributed by atoms with Crippen molar-refractivity contribution in [2.24, 2.45) is 0 Å². The second-order valence-corrected chi connectivity index (χ2v) is 4.30. The number of hydrogen-bond acceptors (Lipinski definition) is 4. The molecule has 20 heavy (non-hydrogen) atoms. The van der Waals surface area contributed by atoms with Gasteiger partial charge in [-0.15, -0.1) is 0 Å². The first-order valence-corrected chi connectivity index (χ1v) is 6.16. The van der Waals surface area contributed by atoms with Crippen LogP contribution in [0.15, 0.2) is 48.5 Å². The van der Waals surface area contributed by atoms with Gasteiger partial charge in [0.1, 0.15) is 0 Å². The van der Waals surface area contributed by atoms with E-state index in [-0.39, 0.29) is 5.97 Å². The molecule has 0 aliphatic heterocycles. The largest absolute Gasteiger partial charge is 0.465 e. The van der Waals surface area contributed by atoms with E-state index in [0.717, 1.165) is 16.7 Å². The Morgan fingerprint density at radius 2 is 2.05 bits per heavy atom. The maximum absolute atomic E-state index is 11.5. The fourth-order valence-electron chi connectivity index (χ4n) is 1.99. The van der Waals surface area contributed by atoms with Crippen LogP contribution in [0.3, 0.4) is 0 Å². The van der Waals surface area contributed by atoms with Crippen LogP contribution in [0, 0.1) is 0 Å². The van der Waals surface area contributed by atoms with E-state index in [9.17, 15) is 4.79 Å². The average Bonchev–Trinajstić information content (AvgIpc) is 2.88. The predicted molar refractivity (Wildman–Crippen MR) is 77.2 cm³/mol. The second kappa shape index (κ2) is 5.05. The van der Waals surface area contributed by atoms with Gasteiger partial charge in [0.2, 0.25) is 5.95 Å². The zero-order valence-electron chi connectivity index (χ0n) is 10.9. The van der Waals surface area contributed by atoms with Crippen LogP contribution in [0.4, 0.5) is 11.6 Å². The number of imidazole rings is 1. The molecule has 5 heteroatoms. The molecule has 0 amide bonds. The summed E-state index contributed by atoms with van der Waals surface area (Å²) in [6, 6.07) is 14.8. The standard InChI is InChI=1S/C15H13N3O2/c1-20-14(19)10-5-4-6-11(9-10)16-15-17-12-7-2-3-8-13(12)18-15/h2-9H,1H3,(H2,16,17,18). The molecular formula is C15H13N3O2. The minimum Gasteiger partial charge on any atom is -0.465 e. The number of nitrogens with one attached hydrogen (secondary N) is 2. The van der Waals surface area contributed by atoms with Crippen molar-refractivity contribution < 1.29 is 9.53 Å². The fourth-order valence-corrected chi connectivity index (χ4v) is 1.99. The van der Waals surface area contributed by atoms with Gasteiger partial charge in [-0.2, -0.15) is 0 Å². The molecule has 0 aliphatic rings. The lowest BCUT2D eigenvalue weighted by Gasteiger charge is -2.04. The number of H-pyrrole nitrogens is 1. The zero-order chi connectivity index (χ0) is 13.9. The molecule has 0 spiro atoms. The topological polar surface area (TPSA) is 67.0 Å².